The van der Waals surface area contributed by atoms with Gasteiger partial charge in [0, 0.05) is 36.6 Å². The second-order valence-electron chi connectivity index (χ2n) is 3.30. The fourth-order valence-electron chi connectivity index (χ4n) is 1.25. The molecule has 0 unspecified atom stereocenters. The van der Waals surface area contributed by atoms with Crippen molar-refractivity contribution >= 4 is 5.70 Å². The molecule has 0 amide bonds. The van der Waals surface area contributed by atoms with Gasteiger partial charge in [-0.1, -0.05) is 6.58 Å². The lowest BCUT2D eigenvalue weighted by Crippen LogP contribution is -2.12. The summed E-state index contributed by atoms with van der Waals surface area (Å²) in [5.74, 6) is 2.63. The number of hydrogen-bond acceptors (Lipinski definition) is 2. The average molecular weight is 200 g/mol. The molecule has 0 bridgehead atoms. The molecule has 0 aromatic carbocycles. The molecule has 0 fully saturated rings. The van der Waals surface area contributed by atoms with Gasteiger partial charge in [0.2, 0.25) is 0 Å². The summed E-state index contributed by atoms with van der Waals surface area (Å²) in [7, 11) is 0. The first-order valence-electron chi connectivity index (χ1n) is 5.11. The Kier molecular flexibility index (Phi) is 5.03. The summed E-state index contributed by atoms with van der Waals surface area (Å²) >= 11 is 0. The molecule has 78 valence electrons. The van der Waals surface area contributed by atoms with Crippen molar-refractivity contribution in [1.82, 2.24) is 10.3 Å². The first-order valence-corrected chi connectivity index (χ1v) is 5.11. The molecule has 0 saturated heterocycles. The highest BCUT2D eigenvalue weighted by atomic mass is 14.9. The smallest absolute Gasteiger partial charge is 0.0341 e. The Hall–Kier alpha value is -1.75. The van der Waals surface area contributed by atoms with Crippen LogP contribution in [0.5, 0.6) is 0 Å². The zero-order valence-corrected chi connectivity index (χ0v) is 8.87. The summed E-state index contributed by atoms with van der Waals surface area (Å²) in [5, 5.41) is 3.27. The van der Waals surface area contributed by atoms with Crippen LogP contribution in [0, 0.1) is 12.3 Å². The van der Waals surface area contributed by atoms with E-state index in [2.05, 4.69) is 22.8 Å². The van der Waals surface area contributed by atoms with Crippen LogP contribution in [0.2, 0.25) is 0 Å². The normalized spacial score (nSPS) is 9.27. The van der Waals surface area contributed by atoms with E-state index in [-0.39, 0.29) is 0 Å². The molecular formula is C13H16N2. The van der Waals surface area contributed by atoms with Gasteiger partial charge >= 0.3 is 0 Å². The highest BCUT2D eigenvalue weighted by molar-refractivity contribution is 5.60. The van der Waals surface area contributed by atoms with Gasteiger partial charge in [0.05, 0.1) is 0 Å². The summed E-state index contributed by atoms with van der Waals surface area (Å²) in [6.07, 6.45) is 11.7. The van der Waals surface area contributed by atoms with Crippen LogP contribution in [0.25, 0.3) is 5.70 Å². The lowest BCUT2D eigenvalue weighted by molar-refractivity contribution is 0.718. The Balaban J connectivity index is 2.23. The van der Waals surface area contributed by atoms with Crippen molar-refractivity contribution in [2.24, 2.45) is 0 Å². The molecule has 2 heteroatoms. The Morgan fingerprint density at radius 3 is 2.80 bits per heavy atom. The molecule has 15 heavy (non-hydrogen) atoms. The number of aromatic nitrogens is 1. The average Bonchev–Trinajstić information content (AvgIpc) is 2.30. The second-order valence-corrected chi connectivity index (χ2v) is 3.30. The van der Waals surface area contributed by atoms with Crippen molar-refractivity contribution < 1.29 is 0 Å². The van der Waals surface area contributed by atoms with Crippen LogP contribution in [0.3, 0.4) is 0 Å². The zero-order valence-electron chi connectivity index (χ0n) is 8.87. The third kappa shape index (κ3) is 4.33. The maximum Gasteiger partial charge on any atom is 0.0341 e. The highest BCUT2D eigenvalue weighted by Crippen LogP contribution is 2.06. The topological polar surface area (TPSA) is 24.9 Å². The van der Waals surface area contributed by atoms with Crippen molar-refractivity contribution in [2.45, 2.75) is 19.3 Å². The van der Waals surface area contributed by atoms with Crippen LogP contribution in [0.4, 0.5) is 0 Å². The van der Waals surface area contributed by atoms with Crippen LogP contribution < -0.4 is 5.32 Å². The fourth-order valence-corrected chi connectivity index (χ4v) is 1.25. The molecule has 0 saturated carbocycles. The maximum atomic E-state index is 5.17. The van der Waals surface area contributed by atoms with E-state index in [1.54, 1.807) is 12.4 Å². The van der Waals surface area contributed by atoms with E-state index in [1.807, 2.05) is 12.1 Å². The maximum absolute atomic E-state index is 5.17. The first kappa shape index (κ1) is 11.3. The molecule has 0 aliphatic carbocycles. The van der Waals surface area contributed by atoms with Crippen LogP contribution in [-0.2, 0) is 0 Å². The first-order chi connectivity index (χ1) is 7.34. The lowest BCUT2D eigenvalue weighted by Gasteiger charge is -2.08. The highest BCUT2D eigenvalue weighted by Gasteiger charge is 1.95. The largest absolute Gasteiger partial charge is 0.385 e. The van der Waals surface area contributed by atoms with Crippen LogP contribution >= 0.6 is 0 Å². The van der Waals surface area contributed by atoms with Crippen LogP contribution in [0.1, 0.15) is 24.8 Å². The molecule has 0 aliphatic heterocycles. The van der Waals surface area contributed by atoms with Gasteiger partial charge in [-0.2, -0.15) is 0 Å². The van der Waals surface area contributed by atoms with Crippen LogP contribution in [0.15, 0.2) is 31.1 Å². The monoisotopic (exact) mass is 200 g/mol. The molecule has 0 radical (unpaired) electrons. The summed E-state index contributed by atoms with van der Waals surface area (Å²) in [6.45, 7) is 4.88. The van der Waals surface area contributed by atoms with Crippen molar-refractivity contribution in [3.63, 3.8) is 0 Å². The van der Waals surface area contributed by atoms with Gasteiger partial charge < -0.3 is 5.32 Å². The zero-order chi connectivity index (χ0) is 10.9. The minimum atomic E-state index is 0.851. The SMILES string of the molecule is C#CCCCCNC(=C)c1ccncc1. The molecule has 1 N–H and O–H groups in total. The van der Waals surface area contributed by atoms with E-state index >= 15 is 0 Å². The molecule has 1 aromatic heterocycles. The summed E-state index contributed by atoms with van der Waals surface area (Å²) in [6, 6.07) is 3.88. The van der Waals surface area contributed by atoms with E-state index < -0.39 is 0 Å². The molecule has 0 spiro atoms. The van der Waals surface area contributed by atoms with E-state index in [9.17, 15) is 0 Å². The minimum absolute atomic E-state index is 0.851. The van der Waals surface area contributed by atoms with Gasteiger partial charge in [-0.25, -0.2) is 0 Å². The van der Waals surface area contributed by atoms with Gasteiger partial charge in [-0.05, 0) is 25.0 Å². The predicted molar refractivity (Wildman–Crippen MR) is 64.0 cm³/mol. The molecule has 1 rings (SSSR count). The third-order valence-corrected chi connectivity index (χ3v) is 2.12. The predicted octanol–water partition coefficient (Wildman–Crippen LogP) is 2.45. The number of hydrogen-bond donors (Lipinski definition) is 1. The molecule has 1 aromatic rings. The fraction of sp³-hybridized carbons (Fsp3) is 0.308. The van der Waals surface area contributed by atoms with E-state index in [0.717, 1.165) is 37.1 Å². The standard InChI is InChI=1S/C13H16N2/c1-3-4-5-6-9-15-12(2)13-7-10-14-11-8-13/h1,7-8,10-11,15H,2,4-6,9H2. The second kappa shape index (κ2) is 6.67. The quantitative estimate of drug-likeness (QED) is 0.563. The van der Waals surface area contributed by atoms with Gasteiger partial charge in [0.1, 0.15) is 0 Å². The Labute approximate surface area is 91.4 Å². The van der Waals surface area contributed by atoms with Gasteiger partial charge in [0.25, 0.3) is 0 Å². The van der Waals surface area contributed by atoms with E-state index in [0.29, 0.717) is 0 Å². The summed E-state index contributed by atoms with van der Waals surface area (Å²) < 4.78 is 0. The van der Waals surface area contributed by atoms with Crippen molar-refractivity contribution in [3.05, 3.63) is 36.7 Å². The van der Waals surface area contributed by atoms with E-state index in [4.69, 9.17) is 6.42 Å². The minimum Gasteiger partial charge on any atom is -0.385 e. The molecular weight excluding hydrogens is 184 g/mol. The van der Waals surface area contributed by atoms with Crippen LogP contribution in [-0.4, -0.2) is 11.5 Å². The van der Waals surface area contributed by atoms with Crippen molar-refractivity contribution in [3.8, 4) is 12.3 Å². The van der Waals surface area contributed by atoms with Gasteiger partial charge in [-0.15, -0.1) is 12.3 Å². The Bertz CT molecular complexity index is 335. The van der Waals surface area contributed by atoms with E-state index in [1.165, 1.54) is 0 Å². The number of rotatable bonds is 6. The number of nitrogens with one attached hydrogen (secondary N) is 1. The third-order valence-electron chi connectivity index (χ3n) is 2.12. The Morgan fingerprint density at radius 1 is 1.40 bits per heavy atom. The number of nitrogens with zero attached hydrogens (tertiary/aromatic N) is 1. The van der Waals surface area contributed by atoms with Crippen molar-refractivity contribution in [2.75, 3.05) is 6.54 Å². The van der Waals surface area contributed by atoms with Gasteiger partial charge in [-0.3, -0.25) is 4.98 Å². The molecule has 0 atom stereocenters. The number of terminal acetylenes is 1. The number of unbranched alkanes of at least 4 members (excludes halogenated alkanes) is 2. The summed E-state index contributed by atoms with van der Waals surface area (Å²) in [4.78, 5) is 3.96. The molecule has 0 aliphatic rings. The summed E-state index contributed by atoms with van der Waals surface area (Å²) in [5.41, 5.74) is 2.03. The molecule has 1 heterocycles. The number of pyridine rings is 1. The Morgan fingerprint density at radius 2 is 2.13 bits per heavy atom. The van der Waals surface area contributed by atoms with Crippen molar-refractivity contribution in [1.29, 1.82) is 0 Å². The lowest BCUT2D eigenvalue weighted by atomic mass is 10.2. The molecule has 2 nitrogen and oxygen atoms in total. The van der Waals surface area contributed by atoms with Gasteiger partial charge in [0.15, 0.2) is 0 Å².